The van der Waals surface area contributed by atoms with Gasteiger partial charge in [0.15, 0.2) is 6.19 Å². The predicted molar refractivity (Wildman–Crippen MR) is 45.3 cm³/mol. The molecule has 0 heterocycles. The van der Waals surface area contributed by atoms with Crippen molar-refractivity contribution in [3.63, 3.8) is 0 Å². The molecule has 0 aliphatic heterocycles. The van der Waals surface area contributed by atoms with Crippen LogP contribution in [0.15, 0.2) is 0 Å². The molecule has 0 radical (unpaired) electrons. The third-order valence-electron chi connectivity index (χ3n) is 2.69. The summed E-state index contributed by atoms with van der Waals surface area (Å²) in [5, 5.41) is 10.1. The Kier molecular flexibility index (Phi) is 3.56. The van der Waals surface area contributed by atoms with Crippen LogP contribution in [0.3, 0.4) is 0 Å². The van der Waals surface area contributed by atoms with Crippen LogP contribution in [0.2, 0.25) is 0 Å². The lowest BCUT2D eigenvalue weighted by atomic mass is 9.80. The van der Waals surface area contributed by atoms with Crippen LogP contribution < -0.4 is 5.32 Å². The van der Waals surface area contributed by atoms with Gasteiger partial charge in [-0.2, -0.15) is 18.4 Å². The Bertz CT molecular complexity index is 282. The van der Waals surface area contributed by atoms with E-state index in [-0.39, 0.29) is 12.8 Å². The second kappa shape index (κ2) is 4.51. The van der Waals surface area contributed by atoms with Crippen LogP contribution in [0.25, 0.3) is 0 Å². The highest BCUT2D eigenvalue weighted by atomic mass is 19.4. The summed E-state index contributed by atoms with van der Waals surface area (Å²) in [7, 11) is 0. The fraction of sp³-hybridized carbons (Fsp3) is 0.778. The van der Waals surface area contributed by atoms with Crippen molar-refractivity contribution in [2.45, 2.75) is 31.9 Å². The first-order valence-corrected chi connectivity index (χ1v) is 4.71. The maximum absolute atomic E-state index is 12.4. The number of nitriles is 1. The molecule has 0 spiro atoms. The average Bonchev–Trinajstić information content (AvgIpc) is 2.17. The fourth-order valence-electron chi connectivity index (χ4n) is 1.88. The monoisotopic (exact) mass is 220 g/mol. The second-order valence-electron chi connectivity index (χ2n) is 3.70. The van der Waals surface area contributed by atoms with Crippen molar-refractivity contribution in [3.05, 3.63) is 0 Å². The van der Waals surface area contributed by atoms with E-state index in [0.29, 0.717) is 12.8 Å². The van der Waals surface area contributed by atoms with Gasteiger partial charge in [0.25, 0.3) is 0 Å². The van der Waals surface area contributed by atoms with E-state index in [1.165, 1.54) is 6.19 Å². The molecule has 1 aliphatic carbocycles. The van der Waals surface area contributed by atoms with E-state index in [2.05, 4.69) is 0 Å². The van der Waals surface area contributed by atoms with Gasteiger partial charge in [0, 0.05) is 5.92 Å². The number of carbonyl (C=O) groups excluding carboxylic acids is 1. The Hall–Kier alpha value is -1.25. The minimum Gasteiger partial charge on any atom is -0.274 e. The topological polar surface area (TPSA) is 52.9 Å². The minimum absolute atomic E-state index is 0.0832. The van der Waals surface area contributed by atoms with Crippen LogP contribution in [-0.2, 0) is 4.79 Å². The second-order valence-corrected chi connectivity index (χ2v) is 3.70. The Morgan fingerprint density at radius 2 is 2.07 bits per heavy atom. The molecule has 1 N–H and O–H groups in total. The molecule has 15 heavy (non-hydrogen) atoms. The van der Waals surface area contributed by atoms with Gasteiger partial charge in [0.05, 0.1) is 5.92 Å². The van der Waals surface area contributed by atoms with Gasteiger partial charge in [-0.15, -0.1) is 0 Å². The van der Waals surface area contributed by atoms with E-state index >= 15 is 0 Å². The van der Waals surface area contributed by atoms with Crippen molar-refractivity contribution in [1.82, 2.24) is 5.32 Å². The van der Waals surface area contributed by atoms with Gasteiger partial charge in [0.1, 0.15) is 0 Å². The van der Waals surface area contributed by atoms with Gasteiger partial charge in [-0.1, -0.05) is 6.42 Å². The first-order chi connectivity index (χ1) is 6.95. The van der Waals surface area contributed by atoms with Gasteiger partial charge >= 0.3 is 6.18 Å². The molecular formula is C9H11F3N2O. The number of halogens is 3. The lowest BCUT2D eigenvalue weighted by molar-refractivity contribution is -0.186. The standard InChI is InChI=1S/C9H11F3N2O/c10-9(11,12)7-3-1-2-6(4-7)8(15)14-5-13/h6-7H,1-4H2,(H,14,15). The highest BCUT2D eigenvalue weighted by molar-refractivity contribution is 5.80. The Morgan fingerprint density at radius 1 is 1.40 bits per heavy atom. The zero-order valence-corrected chi connectivity index (χ0v) is 7.97. The third-order valence-corrected chi connectivity index (χ3v) is 2.69. The molecule has 1 fully saturated rings. The first-order valence-electron chi connectivity index (χ1n) is 4.71. The maximum Gasteiger partial charge on any atom is 0.391 e. The third kappa shape index (κ3) is 3.11. The molecule has 0 aromatic rings. The lowest BCUT2D eigenvalue weighted by Gasteiger charge is -2.29. The quantitative estimate of drug-likeness (QED) is 0.542. The smallest absolute Gasteiger partial charge is 0.274 e. The number of nitrogens with one attached hydrogen (secondary N) is 1. The predicted octanol–water partition coefficient (Wildman–Crippen LogP) is 1.95. The molecule has 2 unspecified atom stereocenters. The summed E-state index contributed by atoms with van der Waals surface area (Å²) in [5.41, 5.74) is 0. The Morgan fingerprint density at radius 3 is 2.60 bits per heavy atom. The van der Waals surface area contributed by atoms with Crippen LogP contribution >= 0.6 is 0 Å². The van der Waals surface area contributed by atoms with Crippen molar-refractivity contribution in [2.24, 2.45) is 11.8 Å². The van der Waals surface area contributed by atoms with E-state index in [0.717, 1.165) is 0 Å². The van der Waals surface area contributed by atoms with E-state index in [9.17, 15) is 18.0 Å². The zero-order chi connectivity index (χ0) is 11.5. The van der Waals surface area contributed by atoms with Crippen molar-refractivity contribution in [2.75, 3.05) is 0 Å². The van der Waals surface area contributed by atoms with E-state index < -0.39 is 23.9 Å². The van der Waals surface area contributed by atoms with E-state index in [4.69, 9.17) is 5.26 Å². The van der Waals surface area contributed by atoms with Gasteiger partial charge in [-0.25, -0.2) is 0 Å². The first kappa shape index (κ1) is 11.8. The van der Waals surface area contributed by atoms with Crippen LogP contribution in [0.5, 0.6) is 0 Å². The highest BCUT2D eigenvalue weighted by Gasteiger charge is 2.43. The maximum atomic E-state index is 12.4. The highest BCUT2D eigenvalue weighted by Crippen LogP contribution is 2.39. The summed E-state index contributed by atoms with van der Waals surface area (Å²) in [6.45, 7) is 0. The van der Waals surface area contributed by atoms with Crippen LogP contribution in [-0.4, -0.2) is 12.1 Å². The van der Waals surface area contributed by atoms with E-state index in [1.807, 2.05) is 5.32 Å². The van der Waals surface area contributed by atoms with Gasteiger partial charge < -0.3 is 0 Å². The summed E-state index contributed by atoms with van der Waals surface area (Å²) in [6.07, 6.45) is -2.09. The SMILES string of the molecule is N#CNC(=O)C1CCCC(C(F)(F)F)C1. The molecule has 1 amide bonds. The fourth-order valence-corrected chi connectivity index (χ4v) is 1.88. The zero-order valence-electron chi connectivity index (χ0n) is 7.97. The van der Waals surface area contributed by atoms with E-state index in [1.54, 1.807) is 0 Å². The number of nitrogens with zero attached hydrogens (tertiary/aromatic N) is 1. The molecule has 0 saturated heterocycles. The van der Waals surface area contributed by atoms with Crippen molar-refractivity contribution >= 4 is 5.91 Å². The molecule has 0 bridgehead atoms. The summed E-state index contributed by atoms with van der Waals surface area (Å²) in [4.78, 5) is 11.2. The largest absolute Gasteiger partial charge is 0.391 e. The number of carbonyl (C=O) groups is 1. The number of rotatable bonds is 1. The van der Waals surface area contributed by atoms with Crippen molar-refractivity contribution in [3.8, 4) is 6.19 Å². The molecule has 1 aliphatic rings. The molecule has 3 nitrogen and oxygen atoms in total. The molecule has 1 rings (SSSR count). The molecule has 0 aromatic heterocycles. The van der Waals surface area contributed by atoms with Crippen LogP contribution in [0, 0.1) is 23.3 Å². The molecule has 6 heteroatoms. The average molecular weight is 220 g/mol. The lowest BCUT2D eigenvalue weighted by Crippen LogP contribution is -2.35. The van der Waals surface area contributed by atoms with Crippen molar-refractivity contribution < 1.29 is 18.0 Å². The van der Waals surface area contributed by atoms with Gasteiger partial charge in [0.2, 0.25) is 5.91 Å². The normalized spacial score (nSPS) is 26.8. The summed E-state index contributed by atoms with van der Waals surface area (Å²) < 4.78 is 37.1. The number of hydrogen-bond acceptors (Lipinski definition) is 2. The van der Waals surface area contributed by atoms with Crippen LogP contribution in [0.1, 0.15) is 25.7 Å². The minimum atomic E-state index is -4.23. The summed E-state index contributed by atoms with van der Waals surface area (Å²) in [6, 6.07) is 0. The summed E-state index contributed by atoms with van der Waals surface area (Å²) in [5.74, 6) is -2.67. The number of alkyl halides is 3. The van der Waals surface area contributed by atoms with Crippen molar-refractivity contribution in [1.29, 1.82) is 5.26 Å². The molecule has 84 valence electrons. The Labute approximate surface area is 85.3 Å². The number of hydrogen-bond donors (Lipinski definition) is 1. The van der Waals surface area contributed by atoms with Crippen LogP contribution in [0.4, 0.5) is 13.2 Å². The van der Waals surface area contributed by atoms with Gasteiger partial charge in [-0.05, 0) is 19.3 Å². The number of amides is 1. The van der Waals surface area contributed by atoms with Gasteiger partial charge in [-0.3, -0.25) is 10.1 Å². The molecule has 2 atom stereocenters. The molecule has 0 aromatic carbocycles. The molecule has 1 saturated carbocycles. The molecular weight excluding hydrogens is 209 g/mol. The Balaban J connectivity index is 2.57. The summed E-state index contributed by atoms with van der Waals surface area (Å²) >= 11 is 0.